The second kappa shape index (κ2) is 2.57. The molecule has 0 aromatic carbocycles. The van der Waals surface area contributed by atoms with Crippen molar-refractivity contribution in [3.8, 4) is 0 Å². The molecule has 0 aliphatic heterocycles. The maximum absolute atomic E-state index is 11.3. The number of hydrogen-bond donors (Lipinski definition) is 0. The van der Waals surface area contributed by atoms with E-state index in [9.17, 15) is 4.79 Å². The fourth-order valence-electron chi connectivity index (χ4n) is 1.03. The van der Waals surface area contributed by atoms with Gasteiger partial charge in [-0.15, -0.1) is 11.3 Å². The molecule has 2 aromatic rings. The van der Waals surface area contributed by atoms with Crippen molar-refractivity contribution >= 4 is 27.9 Å². The van der Waals surface area contributed by atoms with Crippen LogP contribution in [0.2, 0.25) is 5.15 Å². The van der Waals surface area contributed by atoms with E-state index in [1.54, 1.807) is 0 Å². The standard InChI is InChI=1S/C7H5ClN2OS/c1-4-3-12-7-9-5(8)2-6(11)10(4)7/h2-3H,1H3. The van der Waals surface area contributed by atoms with E-state index in [1.165, 1.54) is 21.8 Å². The molecule has 3 nitrogen and oxygen atoms in total. The smallest absolute Gasteiger partial charge is 0.260 e. The zero-order chi connectivity index (χ0) is 8.72. The zero-order valence-corrected chi connectivity index (χ0v) is 7.82. The Kier molecular flexibility index (Phi) is 1.66. The van der Waals surface area contributed by atoms with Gasteiger partial charge in [0.15, 0.2) is 4.96 Å². The zero-order valence-electron chi connectivity index (χ0n) is 6.24. The molecule has 0 saturated carbocycles. The fraction of sp³-hybridized carbons (Fsp3) is 0.143. The Hall–Kier alpha value is -0.870. The van der Waals surface area contributed by atoms with Crippen molar-refractivity contribution in [2.45, 2.75) is 6.92 Å². The minimum Gasteiger partial charge on any atom is -0.269 e. The summed E-state index contributed by atoms with van der Waals surface area (Å²) in [5.74, 6) is 0. The van der Waals surface area contributed by atoms with Gasteiger partial charge in [0.2, 0.25) is 0 Å². The van der Waals surface area contributed by atoms with Gasteiger partial charge in [0, 0.05) is 17.1 Å². The van der Waals surface area contributed by atoms with Crippen LogP contribution in [0.4, 0.5) is 0 Å². The highest BCUT2D eigenvalue weighted by atomic mass is 35.5. The molecule has 0 unspecified atom stereocenters. The summed E-state index contributed by atoms with van der Waals surface area (Å²) in [5.41, 5.74) is 0.771. The van der Waals surface area contributed by atoms with E-state index in [0.717, 1.165) is 5.69 Å². The predicted molar refractivity (Wildman–Crippen MR) is 49.1 cm³/mol. The van der Waals surface area contributed by atoms with Gasteiger partial charge >= 0.3 is 0 Å². The monoisotopic (exact) mass is 200 g/mol. The lowest BCUT2D eigenvalue weighted by atomic mass is 10.5. The largest absolute Gasteiger partial charge is 0.269 e. The van der Waals surface area contributed by atoms with Crippen LogP contribution in [0.15, 0.2) is 16.2 Å². The summed E-state index contributed by atoms with van der Waals surface area (Å²) >= 11 is 7.03. The molecule has 0 bridgehead atoms. The maximum Gasteiger partial charge on any atom is 0.260 e. The molecule has 12 heavy (non-hydrogen) atoms. The molecule has 0 saturated heterocycles. The van der Waals surface area contributed by atoms with Crippen LogP contribution >= 0.6 is 22.9 Å². The molecule has 5 heteroatoms. The molecule has 2 heterocycles. The van der Waals surface area contributed by atoms with Gasteiger partial charge < -0.3 is 0 Å². The molecular weight excluding hydrogens is 196 g/mol. The lowest BCUT2D eigenvalue weighted by Gasteiger charge is -1.93. The van der Waals surface area contributed by atoms with Crippen LogP contribution in [-0.2, 0) is 0 Å². The van der Waals surface area contributed by atoms with Gasteiger partial charge in [0.05, 0.1) is 0 Å². The molecule has 2 aromatic heterocycles. The summed E-state index contributed by atoms with van der Waals surface area (Å²) < 4.78 is 1.54. The Bertz CT molecular complexity index is 488. The summed E-state index contributed by atoms with van der Waals surface area (Å²) in [6.45, 7) is 1.86. The predicted octanol–water partition coefficient (Wildman–Crippen LogP) is 1.72. The Labute approximate surface area is 77.2 Å². The first-order valence-electron chi connectivity index (χ1n) is 3.32. The lowest BCUT2D eigenvalue weighted by Crippen LogP contribution is -2.12. The molecule has 0 radical (unpaired) electrons. The first-order valence-corrected chi connectivity index (χ1v) is 4.57. The third-order valence-electron chi connectivity index (χ3n) is 1.54. The van der Waals surface area contributed by atoms with Gasteiger partial charge in [-0.05, 0) is 6.92 Å². The van der Waals surface area contributed by atoms with Gasteiger partial charge in [-0.3, -0.25) is 9.20 Å². The van der Waals surface area contributed by atoms with Gasteiger partial charge in [-0.2, -0.15) is 0 Å². The Morgan fingerprint density at radius 3 is 3.17 bits per heavy atom. The number of nitrogens with zero attached hydrogens (tertiary/aromatic N) is 2. The van der Waals surface area contributed by atoms with E-state index in [0.29, 0.717) is 4.96 Å². The number of hydrogen-bond acceptors (Lipinski definition) is 3. The first-order chi connectivity index (χ1) is 5.68. The number of halogens is 1. The van der Waals surface area contributed by atoms with Gasteiger partial charge in [-0.25, -0.2) is 4.98 Å². The minimum absolute atomic E-state index is 0.122. The highest BCUT2D eigenvalue weighted by Gasteiger charge is 2.03. The minimum atomic E-state index is -0.122. The number of aromatic nitrogens is 2. The number of fused-ring (bicyclic) bond motifs is 1. The third kappa shape index (κ3) is 1.04. The maximum atomic E-state index is 11.3. The van der Waals surface area contributed by atoms with Crippen molar-refractivity contribution in [2.24, 2.45) is 0 Å². The van der Waals surface area contributed by atoms with Gasteiger partial charge in [-0.1, -0.05) is 11.6 Å². The molecule has 0 fully saturated rings. The molecule has 0 amide bonds. The van der Waals surface area contributed by atoms with Crippen LogP contribution < -0.4 is 5.56 Å². The number of thiazole rings is 1. The highest BCUT2D eigenvalue weighted by molar-refractivity contribution is 7.15. The van der Waals surface area contributed by atoms with E-state index < -0.39 is 0 Å². The van der Waals surface area contributed by atoms with Crippen molar-refractivity contribution in [1.82, 2.24) is 9.38 Å². The van der Waals surface area contributed by atoms with Crippen LogP contribution in [0, 0.1) is 6.92 Å². The van der Waals surface area contributed by atoms with E-state index >= 15 is 0 Å². The second-order valence-corrected chi connectivity index (χ2v) is 3.64. The Morgan fingerprint density at radius 2 is 2.42 bits per heavy atom. The van der Waals surface area contributed by atoms with Gasteiger partial charge in [0.1, 0.15) is 5.15 Å². The van der Waals surface area contributed by atoms with Crippen LogP contribution in [0.1, 0.15) is 5.69 Å². The average Bonchev–Trinajstić information content (AvgIpc) is 2.31. The molecule has 0 aliphatic rings. The normalized spacial score (nSPS) is 10.8. The van der Waals surface area contributed by atoms with Crippen LogP contribution in [0.3, 0.4) is 0 Å². The summed E-state index contributed by atoms with van der Waals surface area (Å²) in [7, 11) is 0. The summed E-state index contributed by atoms with van der Waals surface area (Å²) in [6, 6.07) is 1.31. The number of rotatable bonds is 0. The van der Waals surface area contributed by atoms with Crippen molar-refractivity contribution in [3.63, 3.8) is 0 Å². The average molecular weight is 201 g/mol. The lowest BCUT2D eigenvalue weighted by molar-refractivity contribution is 1.02. The second-order valence-electron chi connectivity index (χ2n) is 2.41. The van der Waals surface area contributed by atoms with E-state index in [4.69, 9.17) is 11.6 Å². The van der Waals surface area contributed by atoms with Crippen molar-refractivity contribution in [3.05, 3.63) is 32.6 Å². The number of aryl methyl sites for hydroxylation is 1. The molecule has 0 spiro atoms. The molecule has 0 atom stereocenters. The molecule has 0 aliphatic carbocycles. The molecule has 2 rings (SSSR count). The van der Waals surface area contributed by atoms with Gasteiger partial charge in [0.25, 0.3) is 5.56 Å². The van der Waals surface area contributed by atoms with Crippen molar-refractivity contribution in [1.29, 1.82) is 0 Å². The van der Waals surface area contributed by atoms with E-state index in [2.05, 4.69) is 4.98 Å². The van der Waals surface area contributed by atoms with Crippen molar-refractivity contribution in [2.75, 3.05) is 0 Å². The Morgan fingerprint density at radius 1 is 1.67 bits per heavy atom. The topological polar surface area (TPSA) is 34.4 Å². The first kappa shape index (κ1) is 7.76. The quantitative estimate of drug-likeness (QED) is 0.607. The molecule has 62 valence electrons. The summed E-state index contributed by atoms with van der Waals surface area (Å²) in [6.07, 6.45) is 0. The fourth-order valence-corrected chi connectivity index (χ4v) is 2.12. The van der Waals surface area contributed by atoms with Crippen LogP contribution in [0.25, 0.3) is 4.96 Å². The SMILES string of the molecule is Cc1csc2nc(Cl)cc(=O)n12. The van der Waals surface area contributed by atoms with Crippen LogP contribution in [0.5, 0.6) is 0 Å². The third-order valence-corrected chi connectivity index (χ3v) is 2.68. The summed E-state index contributed by atoms with van der Waals surface area (Å²) in [5, 5.41) is 2.13. The Balaban J connectivity index is 3.03. The highest BCUT2D eigenvalue weighted by Crippen LogP contribution is 2.12. The van der Waals surface area contributed by atoms with E-state index in [1.807, 2.05) is 12.3 Å². The van der Waals surface area contributed by atoms with Crippen molar-refractivity contribution < 1.29 is 0 Å². The van der Waals surface area contributed by atoms with Crippen LogP contribution in [-0.4, -0.2) is 9.38 Å². The van der Waals surface area contributed by atoms with E-state index in [-0.39, 0.29) is 10.7 Å². The molecule has 0 N–H and O–H groups in total. The molecular formula is C7H5ClN2OS. The summed E-state index contributed by atoms with van der Waals surface area (Å²) in [4.78, 5) is 16.0.